The zero-order valence-electron chi connectivity index (χ0n) is 16.0. The highest BCUT2D eigenvalue weighted by atomic mass is 19.1. The number of carbonyl (C=O) groups is 1. The molecule has 0 saturated carbocycles. The lowest BCUT2D eigenvalue weighted by molar-refractivity contribution is 0.100. The number of pyridine rings is 1. The summed E-state index contributed by atoms with van der Waals surface area (Å²) in [7, 11) is 1.83. The molecule has 2 atom stereocenters. The summed E-state index contributed by atoms with van der Waals surface area (Å²) in [6.45, 7) is 3.78. The van der Waals surface area contributed by atoms with Crippen LogP contribution in [-0.4, -0.2) is 32.8 Å². The van der Waals surface area contributed by atoms with Crippen molar-refractivity contribution in [3.8, 4) is 0 Å². The lowest BCUT2D eigenvalue weighted by Gasteiger charge is -2.22. The number of benzene rings is 1. The molecule has 0 fully saturated rings. The molecule has 3 rings (SSSR count). The Morgan fingerprint density at radius 1 is 1.32 bits per heavy atom. The smallest absolute Gasteiger partial charge is 0.252 e. The minimum absolute atomic E-state index is 0.0123. The van der Waals surface area contributed by atoms with Crippen molar-refractivity contribution in [1.82, 2.24) is 14.8 Å². The number of hydrogen-bond acceptors (Lipinski definition) is 6. The van der Waals surface area contributed by atoms with Crippen LogP contribution in [0.3, 0.4) is 0 Å². The third-order valence-corrected chi connectivity index (χ3v) is 4.65. The zero-order chi connectivity index (χ0) is 20.4. The van der Waals surface area contributed by atoms with E-state index in [1.165, 1.54) is 0 Å². The number of primary amides is 1. The minimum atomic E-state index is -0.777. The van der Waals surface area contributed by atoms with Gasteiger partial charge in [-0.15, -0.1) is 0 Å². The molecule has 1 aromatic carbocycles. The van der Waals surface area contributed by atoms with E-state index in [2.05, 4.69) is 20.7 Å². The number of anilines is 3. The first-order chi connectivity index (χ1) is 13.3. The van der Waals surface area contributed by atoms with Crippen molar-refractivity contribution >= 4 is 34.1 Å². The van der Waals surface area contributed by atoms with Gasteiger partial charge in [-0.1, -0.05) is 6.92 Å². The van der Waals surface area contributed by atoms with E-state index < -0.39 is 11.7 Å². The summed E-state index contributed by atoms with van der Waals surface area (Å²) in [4.78, 5) is 16.1. The van der Waals surface area contributed by atoms with Crippen LogP contribution >= 0.6 is 0 Å². The summed E-state index contributed by atoms with van der Waals surface area (Å²) in [5, 5.41) is 11.2. The maximum atomic E-state index is 14.5. The monoisotopic (exact) mass is 385 g/mol. The highest BCUT2D eigenvalue weighted by Crippen LogP contribution is 2.26. The van der Waals surface area contributed by atoms with Gasteiger partial charge in [0.1, 0.15) is 5.82 Å². The number of halogens is 1. The maximum Gasteiger partial charge on any atom is 0.252 e. The molecule has 0 bridgehead atoms. The highest BCUT2D eigenvalue weighted by molar-refractivity contribution is 5.99. The molecule has 9 heteroatoms. The summed E-state index contributed by atoms with van der Waals surface area (Å²) < 4.78 is 16.2. The molecule has 2 aromatic heterocycles. The molecule has 0 spiro atoms. The Morgan fingerprint density at radius 2 is 2.07 bits per heavy atom. The molecular formula is C19H24FN7O. The Kier molecular flexibility index (Phi) is 5.46. The van der Waals surface area contributed by atoms with Gasteiger partial charge in [0.05, 0.1) is 17.3 Å². The van der Waals surface area contributed by atoms with Crippen molar-refractivity contribution in [2.45, 2.75) is 32.4 Å². The highest BCUT2D eigenvalue weighted by Gasteiger charge is 2.19. The predicted octanol–water partition coefficient (Wildman–Crippen LogP) is 2.49. The van der Waals surface area contributed by atoms with Crippen LogP contribution in [0.5, 0.6) is 0 Å². The third kappa shape index (κ3) is 3.89. The van der Waals surface area contributed by atoms with Crippen LogP contribution in [0.2, 0.25) is 0 Å². The SMILES string of the molecule is CC[C@@H](Nc1nc(Nc2ccc3cnn(C)c3c2)c(C(N)=O)cc1F)[C@H](C)N. The number of carbonyl (C=O) groups excluding carboxylic acids is 1. The lowest BCUT2D eigenvalue weighted by Crippen LogP contribution is -2.38. The number of nitrogens with zero attached hydrogens (tertiary/aromatic N) is 3. The van der Waals surface area contributed by atoms with Crippen LogP contribution in [0.25, 0.3) is 10.9 Å². The van der Waals surface area contributed by atoms with Gasteiger partial charge in [-0.25, -0.2) is 9.37 Å². The Bertz CT molecular complexity index is 1010. The normalized spacial score (nSPS) is 13.3. The first kappa shape index (κ1) is 19.6. The summed E-state index contributed by atoms with van der Waals surface area (Å²) in [6, 6.07) is 6.29. The standard InChI is InChI=1S/C19H24FN7O/c1-4-15(10(2)21)25-19-14(20)8-13(17(22)28)18(26-19)24-12-6-5-11-9-23-27(3)16(11)7-12/h5-10,15H,4,21H2,1-3H3,(H2,22,28)(H2,24,25,26)/t10-,15+/m0/s1. The molecule has 0 aliphatic heterocycles. The molecule has 0 saturated heterocycles. The van der Waals surface area contributed by atoms with E-state index in [1.54, 1.807) is 10.9 Å². The number of aryl methyl sites for hydroxylation is 1. The van der Waals surface area contributed by atoms with Crippen molar-refractivity contribution in [2.75, 3.05) is 10.6 Å². The van der Waals surface area contributed by atoms with Crippen LogP contribution in [0, 0.1) is 5.82 Å². The maximum absolute atomic E-state index is 14.5. The van der Waals surface area contributed by atoms with Crippen molar-refractivity contribution in [1.29, 1.82) is 0 Å². The fourth-order valence-corrected chi connectivity index (χ4v) is 3.01. The number of rotatable bonds is 7. The molecule has 0 aliphatic rings. The zero-order valence-corrected chi connectivity index (χ0v) is 16.0. The van der Waals surface area contributed by atoms with Gasteiger partial charge in [0.2, 0.25) is 0 Å². The van der Waals surface area contributed by atoms with Gasteiger partial charge >= 0.3 is 0 Å². The van der Waals surface area contributed by atoms with Crippen molar-refractivity contribution < 1.29 is 9.18 Å². The molecule has 148 valence electrons. The van der Waals surface area contributed by atoms with E-state index in [9.17, 15) is 9.18 Å². The van der Waals surface area contributed by atoms with Gasteiger partial charge in [-0.2, -0.15) is 5.10 Å². The van der Waals surface area contributed by atoms with Crippen molar-refractivity contribution in [3.63, 3.8) is 0 Å². The van der Waals surface area contributed by atoms with Crippen LogP contribution in [0.15, 0.2) is 30.5 Å². The second-order valence-electron chi connectivity index (χ2n) is 6.76. The molecule has 0 radical (unpaired) electrons. The lowest BCUT2D eigenvalue weighted by atomic mass is 10.1. The fraction of sp³-hybridized carbons (Fsp3) is 0.316. The average Bonchev–Trinajstić information content (AvgIpc) is 3.01. The summed E-state index contributed by atoms with van der Waals surface area (Å²) in [5.41, 5.74) is 12.9. The van der Waals surface area contributed by atoms with Gasteiger partial charge in [0, 0.05) is 30.2 Å². The van der Waals surface area contributed by atoms with Crippen LogP contribution in [-0.2, 0) is 7.05 Å². The predicted molar refractivity (Wildman–Crippen MR) is 108 cm³/mol. The fourth-order valence-electron chi connectivity index (χ4n) is 3.01. The Hall–Kier alpha value is -3.20. The second-order valence-corrected chi connectivity index (χ2v) is 6.76. The number of aromatic nitrogens is 3. The van der Waals surface area contributed by atoms with Gasteiger partial charge < -0.3 is 22.1 Å². The minimum Gasteiger partial charge on any atom is -0.365 e. The molecule has 0 aliphatic carbocycles. The molecule has 0 unspecified atom stereocenters. The number of amides is 1. The van der Waals surface area contributed by atoms with Gasteiger partial charge in [0.25, 0.3) is 5.91 Å². The molecule has 2 heterocycles. The van der Waals surface area contributed by atoms with Crippen LogP contribution < -0.4 is 22.1 Å². The van der Waals surface area contributed by atoms with Gasteiger partial charge in [0.15, 0.2) is 11.6 Å². The quantitative estimate of drug-likeness (QED) is 0.495. The molecular weight excluding hydrogens is 361 g/mol. The van der Waals surface area contributed by atoms with E-state index in [4.69, 9.17) is 11.5 Å². The van der Waals surface area contributed by atoms with E-state index in [0.29, 0.717) is 12.1 Å². The van der Waals surface area contributed by atoms with E-state index in [1.807, 2.05) is 39.1 Å². The van der Waals surface area contributed by atoms with Gasteiger partial charge in [-0.3, -0.25) is 9.48 Å². The first-order valence-corrected chi connectivity index (χ1v) is 9.01. The van der Waals surface area contributed by atoms with Crippen molar-refractivity contribution in [3.05, 3.63) is 41.8 Å². The first-order valence-electron chi connectivity index (χ1n) is 9.01. The Morgan fingerprint density at radius 3 is 2.71 bits per heavy atom. The average molecular weight is 385 g/mol. The Labute approximate surface area is 162 Å². The molecule has 28 heavy (non-hydrogen) atoms. The van der Waals surface area contributed by atoms with E-state index in [-0.39, 0.29) is 29.3 Å². The topological polar surface area (TPSA) is 124 Å². The number of nitrogens with two attached hydrogens (primary N) is 2. The van der Waals surface area contributed by atoms with Crippen LogP contribution in [0.4, 0.5) is 21.7 Å². The molecule has 6 N–H and O–H groups in total. The van der Waals surface area contributed by atoms with Crippen LogP contribution in [0.1, 0.15) is 30.6 Å². The summed E-state index contributed by atoms with van der Waals surface area (Å²) in [5.74, 6) is -1.27. The Balaban J connectivity index is 2.00. The van der Waals surface area contributed by atoms with Gasteiger partial charge in [-0.05, 0) is 37.6 Å². The van der Waals surface area contributed by atoms with E-state index >= 15 is 0 Å². The second kappa shape index (κ2) is 7.81. The molecule has 8 nitrogen and oxygen atoms in total. The molecule has 1 amide bonds. The number of fused-ring (bicyclic) bond motifs is 1. The number of hydrogen-bond donors (Lipinski definition) is 4. The third-order valence-electron chi connectivity index (χ3n) is 4.65. The largest absolute Gasteiger partial charge is 0.365 e. The number of nitrogens with one attached hydrogen (secondary N) is 2. The van der Waals surface area contributed by atoms with E-state index in [0.717, 1.165) is 17.0 Å². The summed E-state index contributed by atoms with van der Waals surface area (Å²) in [6.07, 6.45) is 2.45. The molecule has 3 aromatic rings. The summed E-state index contributed by atoms with van der Waals surface area (Å²) >= 11 is 0. The van der Waals surface area contributed by atoms with Crippen molar-refractivity contribution in [2.24, 2.45) is 18.5 Å².